The molecule has 1 fully saturated rings. The van der Waals surface area contributed by atoms with Crippen molar-refractivity contribution in [1.82, 2.24) is 10.2 Å². The lowest BCUT2D eigenvalue weighted by Crippen LogP contribution is -2.57. The van der Waals surface area contributed by atoms with Crippen molar-refractivity contribution >= 4 is 17.8 Å². The summed E-state index contributed by atoms with van der Waals surface area (Å²) in [6.45, 7) is 0.706. The third-order valence-corrected chi connectivity index (χ3v) is 2.95. The Morgan fingerprint density at radius 1 is 1.58 bits per heavy atom. The van der Waals surface area contributed by atoms with E-state index in [1.165, 1.54) is 30.6 Å². The van der Waals surface area contributed by atoms with Crippen LogP contribution in [0.2, 0.25) is 0 Å². The highest BCUT2D eigenvalue weighted by Gasteiger charge is 2.35. The molecular weight excluding hydrogens is 252 g/mol. The summed E-state index contributed by atoms with van der Waals surface area (Å²) < 4.78 is 9.40. The Kier molecular flexibility index (Phi) is 3.84. The van der Waals surface area contributed by atoms with Gasteiger partial charge in [-0.15, -0.1) is 0 Å². The number of rotatable bonds is 3. The van der Waals surface area contributed by atoms with Gasteiger partial charge in [-0.05, 0) is 6.07 Å². The lowest BCUT2D eigenvalue weighted by Gasteiger charge is -2.34. The molecule has 0 bridgehead atoms. The molecule has 7 nitrogen and oxygen atoms in total. The van der Waals surface area contributed by atoms with Crippen LogP contribution in [-0.4, -0.2) is 48.9 Å². The van der Waals surface area contributed by atoms with Crippen LogP contribution >= 0.6 is 0 Å². The molecule has 1 aromatic heterocycles. The fourth-order valence-electron chi connectivity index (χ4n) is 1.95. The molecule has 1 saturated heterocycles. The highest BCUT2D eigenvalue weighted by molar-refractivity contribution is 5.99. The predicted octanol–water partition coefficient (Wildman–Crippen LogP) is -0.217. The first-order valence-electron chi connectivity index (χ1n) is 5.81. The average molecular weight is 266 g/mol. The summed E-state index contributed by atoms with van der Waals surface area (Å²) in [6, 6.07) is 0.674. The van der Waals surface area contributed by atoms with Crippen LogP contribution in [0.4, 0.5) is 0 Å². The molecule has 2 heterocycles. The molecule has 1 aliphatic heterocycles. The molecule has 0 radical (unpaired) electrons. The number of hydrogen-bond acceptors (Lipinski definition) is 5. The van der Waals surface area contributed by atoms with Crippen molar-refractivity contribution in [3.05, 3.63) is 24.2 Å². The van der Waals surface area contributed by atoms with Gasteiger partial charge in [-0.2, -0.15) is 0 Å². The van der Waals surface area contributed by atoms with E-state index in [-0.39, 0.29) is 18.2 Å². The first kappa shape index (κ1) is 13.1. The molecule has 0 aliphatic carbocycles. The molecule has 1 aromatic rings. The van der Waals surface area contributed by atoms with E-state index < -0.39 is 12.0 Å². The Balaban J connectivity index is 2.17. The van der Waals surface area contributed by atoms with Crippen molar-refractivity contribution in [3.8, 4) is 0 Å². The molecule has 2 amide bonds. The van der Waals surface area contributed by atoms with Crippen LogP contribution in [0.25, 0.3) is 0 Å². The summed E-state index contributed by atoms with van der Waals surface area (Å²) in [7, 11) is 1.24. The molecule has 19 heavy (non-hydrogen) atoms. The lowest BCUT2D eigenvalue weighted by atomic mass is 10.1. The molecule has 1 aliphatic rings. The molecule has 102 valence electrons. The second-order valence-electron chi connectivity index (χ2n) is 4.10. The maximum absolute atomic E-state index is 12.2. The van der Waals surface area contributed by atoms with Crippen molar-refractivity contribution in [1.29, 1.82) is 0 Å². The molecule has 0 spiro atoms. The third-order valence-electron chi connectivity index (χ3n) is 2.95. The van der Waals surface area contributed by atoms with Crippen molar-refractivity contribution < 1.29 is 23.5 Å². The molecule has 1 atom stereocenters. The summed E-state index contributed by atoms with van der Waals surface area (Å²) in [4.78, 5) is 36.7. The van der Waals surface area contributed by atoms with E-state index in [4.69, 9.17) is 4.42 Å². The molecule has 1 unspecified atom stereocenters. The van der Waals surface area contributed by atoms with E-state index in [0.29, 0.717) is 18.7 Å². The monoisotopic (exact) mass is 266 g/mol. The standard InChI is InChI=1S/C12H14N2O5/c1-18-10(15)6-9-11(16)13-3-4-14(9)12(17)8-2-5-19-7-8/h2,5,7,9H,3-4,6H2,1H3,(H,13,16). The number of piperazine rings is 1. The van der Waals surface area contributed by atoms with Crippen LogP contribution in [0.15, 0.2) is 23.0 Å². The lowest BCUT2D eigenvalue weighted by molar-refractivity contribution is -0.145. The van der Waals surface area contributed by atoms with E-state index in [9.17, 15) is 14.4 Å². The minimum atomic E-state index is -0.844. The van der Waals surface area contributed by atoms with Gasteiger partial charge >= 0.3 is 5.97 Å². The minimum absolute atomic E-state index is 0.161. The number of carbonyl (C=O) groups excluding carboxylic acids is 3. The Bertz CT molecular complexity index is 482. The summed E-state index contributed by atoms with van der Waals surface area (Å²) in [5.41, 5.74) is 0.351. The van der Waals surface area contributed by atoms with E-state index in [2.05, 4.69) is 10.1 Å². The number of hydrogen-bond donors (Lipinski definition) is 1. The van der Waals surface area contributed by atoms with E-state index in [0.717, 1.165) is 0 Å². The number of carbonyl (C=O) groups is 3. The molecule has 0 aromatic carbocycles. The van der Waals surface area contributed by atoms with E-state index in [1.54, 1.807) is 0 Å². The largest absolute Gasteiger partial charge is 0.472 e. The first-order valence-corrected chi connectivity index (χ1v) is 5.81. The molecule has 0 saturated carbocycles. The normalized spacial score (nSPS) is 18.9. The van der Waals surface area contributed by atoms with Gasteiger partial charge in [-0.3, -0.25) is 14.4 Å². The van der Waals surface area contributed by atoms with Gasteiger partial charge in [-0.1, -0.05) is 0 Å². The van der Waals surface area contributed by atoms with Crippen LogP contribution in [0.5, 0.6) is 0 Å². The summed E-state index contributed by atoms with van der Waals surface area (Å²) >= 11 is 0. The minimum Gasteiger partial charge on any atom is -0.472 e. The van der Waals surface area contributed by atoms with Crippen molar-refractivity contribution in [3.63, 3.8) is 0 Å². The predicted molar refractivity (Wildman–Crippen MR) is 63.2 cm³/mol. The van der Waals surface area contributed by atoms with Gasteiger partial charge in [0, 0.05) is 13.1 Å². The zero-order chi connectivity index (χ0) is 13.8. The fraction of sp³-hybridized carbons (Fsp3) is 0.417. The van der Waals surface area contributed by atoms with Gasteiger partial charge in [0.05, 0.1) is 25.4 Å². The Hall–Kier alpha value is -2.31. The number of methoxy groups -OCH3 is 1. The van der Waals surface area contributed by atoms with Gasteiger partial charge < -0.3 is 19.4 Å². The van der Waals surface area contributed by atoms with E-state index >= 15 is 0 Å². The van der Waals surface area contributed by atoms with Crippen LogP contribution in [-0.2, 0) is 14.3 Å². The second kappa shape index (κ2) is 5.55. The number of amides is 2. The SMILES string of the molecule is COC(=O)CC1C(=O)NCCN1C(=O)c1ccoc1. The van der Waals surface area contributed by atoms with Gasteiger partial charge in [0.15, 0.2) is 0 Å². The number of furan rings is 1. The van der Waals surface area contributed by atoms with Gasteiger partial charge in [0.2, 0.25) is 5.91 Å². The van der Waals surface area contributed by atoms with Crippen LogP contribution in [0, 0.1) is 0 Å². The Morgan fingerprint density at radius 3 is 3.00 bits per heavy atom. The maximum Gasteiger partial charge on any atom is 0.308 e. The smallest absolute Gasteiger partial charge is 0.308 e. The topological polar surface area (TPSA) is 88.9 Å². The van der Waals surface area contributed by atoms with Gasteiger partial charge in [-0.25, -0.2) is 0 Å². The molecule has 2 rings (SSSR count). The second-order valence-corrected chi connectivity index (χ2v) is 4.10. The van der Waals surface area contributed by atoms with Crippen LogP contribution in [0.3, 0.4) is 0 Å². The molecule has 7 heteroatoms. The van der Waals surface area contributed by atoms with Crippen molar-refractivity contribution in [2.45, 2.75) is 12.5 Å². The Morgan fingerprint density at radius 2 is 2.37 bits per heavy atom. The number of ether oxygens (including phenoxy) is 1. The molecule has 1 N–H and O–H groups in total. The van der Waals surface area contributed by atoms with Gasteiger partial charge in [0.25, 0.3) is 5.91 Å². The highest BCUT2D eigenvalue weighted by Crippen LogP contribution is 2.14. The molecular formula is C12H14N2O5. The van der Waals surface area contributed by atoms with Crippen LogP contribution in [0.1, 0.15) is 16.8 Å². The maximum atomic E-state index is 12.2. The summed E-state index contributed by atoms with van der Waals surface area (Å²) in [5.74, 6) is -1.22. The van der Waals surface area contributed by atoms with Crippen molar-refractivity contribution in [2.75, 3.05) is 20.2 Å². The number of nitrogens with zero attached hydrogens (tertiary/aromatic N) is 1. The van der Waals surface area contributed by atoms with Gasteiger partial charge in [0.1, 0.15) is 12.3 Å². The summed E-state index contributed by atoms with van der Waals surface area (Å²) in [6.07, 6.45) is 2.53. The summed E-state index contributed by atoms with van der Waals surface area (Å²) in [5, 5.41) is 2.63. The van der Waals surface area contributed by atoms with Crippen LogP contribution < -0.4 is 5.32 Å². The Labute approximate surface area is 109 Å². The fourth-order valence-corrected chi connectivity index (χ4v) is 1.95. The quantitative estimate of drug-likeness (QED) is 0.764. The number of nitrogens with one attached hydrogen (secondary N) is 1. The average Bonchev–Trinajstić information content (AvgIpc) is 2.94. The third kappa shape index (κ3) is 2.75. The van der Waals surface area contributed by atoms with Crippen molar-refractivity contribution in [2.24, 2.45) is 0 Å². The van der Waals surface area contributed by atoms with E-state index in [1.807, 2.05) is 0 Å². The number of esters is 1. The first-order chi connectivity index (χ1) is 9.13. The highest BCUT2D eigenvalue weighted by atomic mass is 16.5. The zero-order valence-corrected chi connectivity index (χ0v) is 10.4. The zero-order valence-electron chi connectivity index (χ0n) is 10.4.